The van der Waals surface area contributed by atoms with Gasteiger partial charge in [0.2, 0.25) is 0 Å². The van der Waals surface area contributed by atoms with Crippen LogP contribution in [0.15, 0.2) is 0 Å². The average Bonchev–Trinajstić information content (AvgIpc) is 2.59. The van der Waals surface area contributed by atoms with Crippen LogP contribution in [0, 0.1) is 32.5 Å². The molecule has 0 aromatic rings. The Bertz CT molecular complexity index is 527. The molecule has 0 spiro atoms. The van der Waals surface area contributed by atoms with Gasteiger partial charge >= 0.3 is 0 Å². The summed E-state index contributed by atoms with van der Waals surface area (Å²) in [4.78, 5) is 0. The Labute approximate surface area is 262 Å². The van der Waals surface area contributed by atoms with Gasteiger partial charge in [0.05, 0.1) is 0 Å². The predicted octanol–water partition coefficient (Wildman–Crippen LogP) is 13.2. The Hall–Kier alpha value is 1.72. The molecule has 0 heterocycles. The Kier molecular flexibility index (Phi) is 17.6. The van der Waals surface area contributed by atoms with Crippen molar-refractivity contribution in [2.45, 2.75) is 125 Å². The van der Waals surface area contributed by atoms with Crippen LogP contribution in [-0.2, 0) is 0 Å². The van der Waals surface area contributed by atoms with Gasteiger partial charge in [-0.1, -0.05) is 125 Å². The maximum atomic E-state index is 2.48. The van der Waals surface area contributed by atoms with Crippen LogP contribution in [0.5, 0.6) is 0 Å². The van der Waals surface area contributed by atoms with Crippen molar-refractivity contribution in [3.05, 3.63) is 0 Å². The van der Waals surface area contributed by atoms with E-state index in [2.05, 4.69) is 125 Å². The molecule has 0 atom stereocenters. The Balaban J connectivity index is 5.84. The first-order chi connectivity index (χ1) is 17.5. The van der Waals surface area contributed by atoms with E-state index in [4.69, 9.17) is 0 Å². The summed E-state index contributed by atoms with van der Waals surface area (Å²) < 4.78 is 0. The summed E-state index contributed by atoms with van der Waals surface area (Å²) in [6.45, 7) is 44.6. The first-order valence-corrected chi connectivity index (χ1v) is 24.0. The summed E-state index contributed by atoms with van der Waals surface area (Å²) in [6, 6.07) is 0. The van der Waals surface area contributed by atoms with E-state index in [0.29, 0.717) is 32.5 Å². The van der Waals surface area contributed by atoms with Gasteiger partial charge < -0.3 is 0 Å². The minimum atomic E-state index is 0.117. The Morgan fingerprint density at radius 1 is 0.225 bits per heavy atom. The third-order valence-corrected chi connectivity index (χ3v) is 21.0. The van der Waals surface area contributed by atoms with Crippen LogP contribution in [0.4, 0.5) is 0 Å². The maximum absolute atomic E-state index is 2.48. The molecule has 0 amide bonds. The number of hydrogen-bond donors (Lipinski definition) is 0. The van der Waals surface area contributed by atoms with Gasteiger partial charge in [0.15, 0.2) is 0 Å². The smallest absolute Gasteiger partial charge is 0.0277 e. The SMILES string of the molecule is CC(C)(C)CP(CCP(CCP(CC(C)(C)C)CC(C)(C)C)CCP(CC(C)(C)C)CC(C)(C)C)CC(C)(C)C. The molecule has 0 N–H and O–H groups in total. The van der Waals surface area contributed by atoms with E-state index in [1.54, 1.807) is 18.5 Å². The lowest BCUT2D eigenvalue weighted by atomic mass is 10.00. The normalized spacial score (nSPS) is 14.8. The van der Waals surface area contributed by atoms with Crippen molar-refractivity contribution < 1.29 is 0 Å². The highest BCUT2D eigenvalue weighted by molar-refractivity contribution is 7.65. The van der Waals surface area contributed by atoms with Crippen LogP contribution in [0.1, 0.15) is 125 Å². The van der Waals surface area contributed by atoms with Crippen molar-refractivity contribution in [1.82, 2.24) is 0 Å². The average molecular weight is 635 g/mol. The minimum absolute atomic E-state index is 0.117. The molecular formula is C36H78P4. The monoisotopic (exact) mass is 635 g/mol. The fourth-order valence-electron chi connectivity index (χ4n) is 5.85. The van der Waals surface area contributed by atoms with Crippen molar-refractivity contribution in [3.63, 3.8) is 0 Å². The predicted molar refractivity (Wildman–Crippen MR) is 203 cm³/mol. The van der Waals surface area contributed by atoms with Crippen molar-refractivity contribution in [3.8, 4) is 0 Å². The van der Waals surface area contributed by atoms with E-state index in [1.807, 2.05) is 0 Å². The van der Waals surface area contributed by atoms with E-state index in [-0.39, 0.29) is 31.7 Å². The van der Waals surface area contributed by atoms with Crippen molar-refractivity contribution >= 4 is 31.7 Å². The second-order valence-corrected chi connectivity index (χ2v) is 30.3. The van der Waals surface area contributed by atoms with Gasteiger partial charge in [-0.2, -0.15) is 0 Å². The summed E-state index contributed by atoms with van der Waals surface area (Å²) in [7, 11) is 0.491. The molecule has 242 valence electrons. The lowest BCUT2D eigenvalue weighted by Crippen LogP contribution is -2.21. The van der Waals surface area contributed by atoms with Gasteiger partial charge in [-0.05, 0) is 106 Å². The molecule has 40 heavy (non-hydrogen) atoms. The van der Waals surface area contributed by atoms with Gasteiger partial charge in [-0.15, -0.1) is 31.7 Å². The quantitative estimate of drug-likeness (QED) is 0.157. The minimum Gasteiger partial charge on any atom is -0.106 e. The van der Waals surface area contributed by atoms with Crippen LogP contribution >= 0.6 is 31.7 Å². The lowest BCUT2D eigenvalue weighted by molar-refractivity contribution is 0.458. The lowest BCUT2D eigenvalue weighted by Gasteiger charge is -2.35. The van der Waals surface area contributed by atoms with Crippen LogP contribution in [0.25, 0.3) is 0 Å². The fourth-order valence-corrected chi connectivity index (χ4v) is 22.6. The van der Waals surface area contributed by atoms with Crippen LogP contribution in [0.3, 0.4) is 0 Å². The molecule has 0 aromatic heterocycles. The zero-order chi connectivity index (χ0) is 31.8. The molecule has 0 aromatic carbocycles. The topological polar surface area (TPSA) is 0 Å². The molecule has 0 fully saturated rings. The van der Waals surface area contributed by atoms with Gasteiger partial charge in [-0.3, -0.25) is 0 Å². The van der Waals surface area contributed by atoms with E-state index in [1.165, 1.54) is 55.5 Å². The number of hydrogen-bond acceptors (Lipinski definition) is 0. The Morgan fingerprint density at radius 3 is 0.475 bits per heavy atom. The zero-order valence-electron chi connectivity index (χ0n) is 31.3. The van der Waals surface area contributed by atoms with E-state index in [0.717, 1.165) is 0 Å². The summed E-state index contributed by atoms with van der Waals surface area (Å²) in [5, 5.41) is 0. The standard InChI is InChI=1S/C36H78P4/c1-31(2,3)25-38(26-32(4,5)6)22-19-37(20-23-39(27-33(7,8)9)28-34(10,11)12)21-24-40(29-35(13,14)15)30-36(16,17)18/h19-30H2,1-18H3. The largest absolute Gasteiger partial charge is 0.106 e. The molecule has 0 radical (unpaired) electrons. The highest BCUT2D eigenvalue weighted by Gasteiger charge is 2.28. The van der Waals surface area contributed by atoms with Crippen molar-refractivity contribution in [2.24, 2.45) is 32.5 Å². The fraction of sp³-hybridized carbons (Fsp3) is 1.00. The van der Waals surface area contributed by atoms with E-state index >= 15 is 0 Å². The molecule has 0 bridgehead atoms. The summed E-state index contributed by atoms with van der Waals surface area (Å²) in [5.41, 5.74) is 2.76. The molecule has 0 rings (SSSR count). The van der Waals surface area contributed by atoms with Crippen LogP contribution < -0.4 is 0 Å². The summed E-state index contributed by atoms with van der Waals surface area (Å²) in [5.74, 6) is 0. The zero-order valence-corrected chi connectivity index (χ0v) is 34.9. The molecular weight excluding hydrogens is 556 g/mol. The summed E-state index contributed by atoms with van der Waals surface area (Å²) in [6.07, 6.45) is 17.9. The molecule has 0 saturated carbocycles. The molecule has 0 aliphatic carbocycles. The van der Waals surface area contributed by atoms with Crippen molar-refractivity contribution in [1.29, 1.82) is 0 Å². The molecule has 0 aliphatic heterocycles. The second-order valence-electron chi connectivity index (χ2n) is 20.3. The van der Waals surface area contributed by atoms with Gasteiger partial charge in [0, 0.05) is 0 Å². The van der Waals surface area contributed by atoms with Crippen LogP contribution in [-0.4, -0.2) is 73.9 Å². The molecule has 0 nitrogen and oxygen atoms in total. The van der Waals surface area contributed by atoms with Gasteiger partial charge in [0.1, 0.15) is 0 Å². The van der Waals surface area contributed by atoms with Crippen LogP contribution in [0.2, 0.25) is 0 Å². The first kappa shape index (κ1) is 41.7. The summed E-state index contributed by atoms with van der Waals surface area (Å²) >= 11 is 0. The highest BCUT2D eigenvalue weighted by Crippen LogP contribution is 2.54. The second kappa shape index (κ2) is 16.9. The molecule has 0 aliphatic rings. The molecule has 0 saturated heterocycles. The maximum Gasteiger partial charge on any atom is -0.0277 e. The highest BCUT2D eigenvalue weighted by atomic mass is 31.1. The van der Waals surface area contributed by atoms with Gasteiger partial charge in [0.25, 0.3) is 0 Å². The van der Waals surface area contributed by atoms with Crippen molar-refractivity contribution in [2.75, 3.05) is 73.9 Å². The number of rotatable bonds is 15. The third-order valence-electron chi connectivity index (χ3n) is 6.39. The Morgan fingerprint density at radius 2 is 0.350 bits per heavy atom. The third kappa shape index (κ3) is 27.3. The van der Waals surface area contributed by atoms with Gasteiger partial charge in [-0.25, -0.2) is 0 Å². The van der Waals surface area contributed by atoms with E-state index < -0.39 is 0 Å². The molecule has 4 heteroatoms. The first-order valence-electron chi connectivity index (χ1n) is 16.4. The van der Waals surface area contributed by atoms with E-state index in [9.17, 15) is 0 Å². The molecule has 0 unspecified atom stereocenters.